The maximum Gasteiger partial charge on any atom is 0.303 e. The Morgan fingerprint density at radius 2 is 1.95 bits per heavy atom. The van der Waals surface area contributed by atoms with Crippen molar-refractivity contribution in [1.82, 2.24) is 4.90 Å². The van der Waals surface area contributed by atoms with Gasteiger partial charge in [0, 0.05) is 24.6 Å². The van der Waals surface area contributed by atoms with Gasteiger partial charge in [0.15, 0.2) is 0 Å². The van der Waals surface area contributed by atoms with Gasteiger partial charge in [-0.3, -0.25) is 9.59 Å². The molecule has 0 saturated carbocycles. The normalized spacial score (nSPS) is 10.7. The maximum atomic E-state index is 12.7. The molecule has 0 radical (unpaired) electrons. The molecule has 0 aromatic heterocycles. The van der Waals surface area contributed by atoms with Crippen molar-refractivity contribution in [3.63, 3.8) is 0 Å². The maximum absolute atomic E-state index is 12.7. The Labute approximate surface area is 125 Å². The molecule has 0 spiro atoms. The lowest BCUT2D eigenvalue weighted by atomic mass is 10.0. The third-order valence-electron chi connectivity index (χ3n) is 3.34. The van der Waals surface area contributed by atoms with Crippen LogP contribution in [-0.2, 0) is 11.2 Å². The molecular weight excluding hydrogens is 268 g/mol. The average molecular weight is 292 g/mol. The summed E-state index contributed by atoms with van der Waals surface area (Å²) in [4.78, 5) is 25.0. The average Bonchev–Trinajstić information content (AvgIpc) is 2.43. The fraction of sp³-hybridized carbons (Fsp3) is 0.500. The van der Waals surface area contributed by atoms with Crippen molar-refractivity contribution < 1.29 is 14.7 Å². The van der Waals surface area contributed by atoms with Crippen LogP contribution in [0.25, 0.3) is 0 Å². The first-order valence-corrected chi connectivity index (χ1v) is 7.28. The Hall–Kier alpha value is -1.88. The molecule has 5 heteroatoms. The first-order valence-electron chi connectivity index (χ1n) is 7.28. The van der Waals surface area contributed by atoms with Gasteiger partial charge in [-0.15, -0.1) is 0 Å². The topological polar surface area (TPSA) is 83.6 Å². The van der Waals surface area contributed by atoms with Crippen molar-refractivity contribution >= 4 is 11.9 Å². The van der Waals surface area contributed by atoms with Gasteiger partial charge < -0.3 is 15.7 Å². The highest BCUT2D eigenvalue weighted by Crippen LogP contribution is 2.15. The van der Waals surface area contributed by atoms with E-state index in [9.17, 15) is 9.59 Å². The predicted octanol–water partition coefficient (Wildman–Crippen LogP) is 1.90. The molecule has 0 unspecified atom stereocenters. The van der Waals surface area contributed by atoms with Crippen molar-refractivity contribution in [3.8, 4) is 0 Å². The van der Waals surface area contributed by atoms with Gasteiger partial charge in [-0.1, -0.05) is 18.2 Å². The second kappa shape index (κ2) is 8.42. The molecule has 0 fully saturated rings. The molecular formula is C16H24N2O3. The van der Waals surface area contributed by atoms with Gasteiger partial charge in [0.25, 0.3) is 5.91 Å². The van der Waals surface area contributed by atoms with Gasteiger partial charge in [-0.2, -0.15) is 0 Å². The third-order valence-corrected chi connectivity index (χ3v) is 3.34. The fourth-order valence-corrected chi connectivity index (χ4v) is 2.25. The molecule has 0 atom stereocenters. The summed E-state index contributed by atoms with van der Waals surface area (Å²) in [5.74, 6) is -0.894. The summed E-state index contributed by atoms with van der Waals surface area (Å²) in [6.45, 7) is 4.80. The van der Waals surface area contributed by atoms with E-state index in [1.807, 2.05) is 32.0 Å². The summed E-state index contributed by atoms with van der Waals surface area (Å²) in [6, 6.07) is 7.47. The number of amides is 1. The van der Waals surface area contributed by atoms with Crippen LogP contribution in [0, 0.1) is 0 Å². The minimum absolute atomic E-state index is 0.0252. The van der Waals surface area contributed by atoms with Crippen LogP contribution in [0.15, 0.2) is 24.3 Å². The van der Waals surface area contributed by atoms with E-state index in [0.29, 0.717) is 31.5 Å². The molecule has 0 saturated heterocycles. The zero-order chi connectivity index (χ0) is 15.8. The van der Waals surface area contributed by atoms with E-state index < -0.39 is 5.97 Å². The van der Waals surface area contributed by atoms with Gasteiger partial charge in [0.2, 0.25) is 0 Å². The molecule has 0 aliphatic rings. The number of hydrogen-bond acceptors (Lipinski definition) is 3. The van der Waals surface area contributed by atoms with E-state index in [2.05, 4.69) is 0 Å². The number of rotatable bonds is 8. The van der Waals surface area contributed by atoms with E-state index in [1.165, 1.54) is 0 Å². The van der Waals surface area contributed by atoms with Crippen molar-refractivity contribution in [2.75, 3.05) is 13.1 Å². The lowest BCUT2D eigenvalue weighted by Crippen LogP contribution is -2.38. The quantitative estimate of drug-likeness (QED) is 0.766. The van der Waals surface area contributed by atoms with E-state index in [1.54, 1.807) is 11.0 Å². The van der Waals surface area contributed by atoms with Crippen molar-refractivity contribution in [2.24, 2.45) is 5.73 Å². The lowest BCUT2D eigenvalue weighted by Gasteiger charge is -2.27. The molecule has 3 N–H and O–H groups in total. The lowest BCUT2D eigenvalue weighted by molar-refractivity contribution is -0.137. The number of carboxylic acid groups (broad SMARTS) is 1. The van der Waals surface area contributed by atoms with Crippen molar-refractivity contribution in [2.45, 2.75) is 39.2 Å². The molecule has 116 valence electrons. The SMILES string of the molecule is CC(C)N(CCCC(=O)O)C(=O)c1ccccc1CCN. The molecule has 1 aromatic carbocycles. The number of benzene rings is 1. The van der Waals surface area contributed by atoms with Crippen LogP contribution in [0.3, 0.4) is 0 Å². The van der Waals surface area contributed by atoms with Crippen LogP contribution < -0.4 is 5.73 Å². The first kappa shape index (κ1) is 17.2. The molecule has 0 bridgehead atoms. The van der Waals surface area contributed by atoms with Gasteiger partial charge in [-0.25, -0.2) is 0 Å². The minimum Gasteiger partial charge on any atom is -0.481 e. The Kier molecular flexibility index (Phi) is 6.88. The summed E-state index contributed by atoms with van der Waals surface area (Å²) in [5.41, 5.74) is 7.19. The first-order chi connectivity index (χ1) is 9.97. The molecule has 0 aliphatic heterocycles. The van der Waals surface area contributed by atoms with E-state index >= 15 is 0 Å². The zero-order valence-corrected chi connectivity index (χ0v) is 12.7. The summed E-state index contributed by atoms with van der Waals surface area (Å²) < 4.78 is 0. The highest BCUT2D eigenvalue weighted by molar-refractivity contribution is 5.96. The number of hydrogen-bond donors (Lipinski definition) is 2. The smallest absolute Gasteiger partial charge is 0.303 e. The van der Waals surface area contributed by atoms with Crippen LogP contribution in [0.1, 0.15) is 42.6 Å². The van der Waals surface area contributed by atoms with Gasteiger partial charge >= 0.3 is 5.97 Å². The van der Waals surface area contributed by atoms with E-state index in [0.717, 1.165) is 5.56 Å². The highest BCUT2D eigenvalue weighted by Gasteiger charge is 2.20. The van der Waals surface area contributed by atoms with Crippen molar-refractivity contribution in [1.29, 1.82) is 0 Å². The monoisotopic (exact) mass is 292 g/mol. The van der Waals surface area contributed by atoms with Crippen LogP contribution in [-0.4, -0.2) is 41.0 Å². The standard InChI is InChI=1S/C16H24N2O3/c1-12(2)18(11-5-8-15(19)20)16(21)14-7-4-3-6-13(14)9-10-17/h3-4,6-7,12H,5,8-11,17H2,1-2H3,(H,19,20). The largest absolute Gasteiger partial charge is 0.481 e. The predicted molar refractivity (Wildman–Crippen MR) is 82.2 cm³/mol. The number of carboxylic acids is 1. The van der Waals surface area contributed by atoms with Crippen LogP contribution in [0.2, 0.25) is 0 Å². The highest BCUT2D eigenvalue weighted by atomic mass is 16.4. The molecule has 0 heterocycles. The van der Waals surface area contributed by atoms with Crippen LogP contribution >= 0.6 is 0 Å². The number of carbonyl (C=O) groups is 2. The Morgan fingerprint density at radius 1 is 1.29 bits per heavy atom. The number of nitrogens with two attached hydrogens (primary N) is 1. The second-order valence-corrected chi connectivity index (χ2v) is 5.29. The molecule has 1 rings (SSSR count). The van der Waals surface area contributed by atoms with E-state index in [4.69, 9.17) is 10.8 Å². The molecule has 0 aliphatic carbocycles. The van der Waals surface area contributed by atoms with Gasteiger partial charge in [0.1, 0.15) is 0 Å². The molecule has 21 heavy (non-hydrogen) atoms. The third kappa shape index (κ3) is 5.19. The van der Waals surface area contributed by atoms with E-state index in [-0.39, 0.29) is 18.4 Å². The summed E-state index contributed by atoms with van der Waals surface area (Å²) in [5, 5.41) is 8.72. The van der Waals surface area contributed by atoms with Gasteiger partial charge in [-0.05, 0) is 44.9 Å². The number of carbonyl (C=O) groups excluding carboxylic acids is 1. The molecule has 5 nitrogen and oxygen atoms in total. The minimum atomic E-state index is -0.838. The van der Waals surface area contributed by atoms with Crippen molar-refractivity contribution in [3.05, 3.63) is 35.4 Å². The Morgan fingerprint density at radius 3 is 2.52 bits per heavy atom. The van der Waals surface area contributed by atoms with Gasteiger partial charge in [0.05, 0.1) is 0 Å². The Balaban J connectivity index is 2.88. The summed E-state index contributed by atoms with van der Waals surface area (Å²) >= 11 is 0. The molecule has 1 aromatic rings. The second-order valence-electron chi connectivity index (χ2n) is 5.29. The Bertz CT molecular complexity index is 486. The number of aliphatic carboxylic acids is 1. The molecule has 1 amide bonds. The van der Waals surface area contributed by atoms with Crippen LogP contribution in [0.5, 0.6) is 0 Å². The summed E-state index contributed by atoms with van der Waals surface area (Å²) in [7, 11) is 0. The summed E-state index contributed by atoms with van der Waals surface area (Å²) in [6.07, 6.45) is 1.18. The number of nitrogens with zero attached hydrogens (tertiary/aromatic N) is 1. The zero-order valence-electron chi connectivity index (χ0n) is 12.7. The van der Waals surface area contributed by atoms with Crippen LogP contribution in [0.4, 0.5) is 0 Å². The fourth-order valence-electron chi connectivity index (χ4n) is 2.25.